The van der Waals surface area contributed by atoms with Gasteiger partial charge in [-0.05, 0) is 54.7 Å². The average molecular weight is 419 g/mol. The number of para-hydroxylation sites is 1. The Hall–Kier alpha value is -2.38. The fourth-order valence-electron chi connectivity index (χ4n) is 2.85. The van der Waals surface area contributed by atoms with Gasteiger partial charge >= 0.3 is 0 Å². The molecule has 2 aromatic carbocycles. The van der Waals surface area contributed by atoms with E-state index in [1.807, 2.05) is 32.0 Å². The molecule has 0 aliphatic carbocycles. The average Bonchev–Trinajstić information content (AvgIpc) is 2.68. The topological polar surface area (TPSA) is 84.5 Å². The molecule has 2 aromatic rings. The lowest BCUT2D eigenvalue weighted by molar-refractivity contribution is -0.118. The summed E-state index contributed by atoms with van der Waals surface area (Å²) in [6, 6.07) is 12.0. The summed E-state index contributed by atoms with van der Waals surface area (Å²) in [5.41, 5.74) is 2.88. The second kappa shape index (κ2) is 10.4. The number of nitrogens with one attached hydrogen (secondary N) is 2. The smallest absolute Gasteiger partial charge is 0.262 e. The molecular weight excluding hydrogens is 388 g/mol. The molecule has 0 unspecified atom stereocenters. The molecule has 0 saturated carbocycles. The summed E-state index contributed by atoms with van der Waals surface area (Å²) in [7, 11) is -3.52. The van der Waals surface area contributed by atoms with Crippen LogP contribution in [0.25, 0.3) is 0 Å². The minimum atomic E-state index is -3.52. The summed E-state index contributed by atoms with van der Waals surface area (Å²) in [6.07, 6.45) is 1.70. The fraction of sp³-hybridized carbons (Fsp3) is 0.409. The van der Waals surface area contributed by atoms with Gasteiger partial charge in [0.15, 0.2) is 6.61 Å². The first-order valence-corrected chi connectivity index (χ1v) is 11.3. The number of carbonyl (C=O) groups excluding carboxylic acids is 1. The third-order valence-corrected chi connectivity index (χ3v) is 5.99. The maximum atomic E-state index is 12.3. The van der Waals surface area contributed by atoms with Gasteiger partial charge in [-0.2, -0.15) is 0 Å². The number of hydrogen-bond donors (Lipinski definition) is 2. The van der Waals surface area contributed by atoms with E-state index in [2.05, 4.69) is 23.9 Å². The van der Waals surface area contributed by atoms with Crippen molar-refractivity contribution in [3.8, 4) is 5.75 Å². The minimum absolute atomic E-state index is 0.160. The molecule has 0 atom stereocenters. The largest absolute Gasteiger partial charge is 0.484 e. The summed E-state index contributed by atoms with van der Waals surface area (Å²) in [5.74, 6) is 0.451. The Kier molecular flexibility index (Phi) is 8.22. The summed E-state index contributed by atoms with van der Waals surface area (Å²) in [5, 5.41) is 2.92. The molecule has 2 rings (SSSR count). The van der Waals surface area contributed by atoms with E-state index >= 15 is 0 Å². The molecule has 1 amide bonds. The standard InChI is InChI=1S/C22H30N2O4S/c1-5-6-14-23-29(26,27)19-12-10-18(11-13-19)28-15-21(25)24-22-17(4)8-7-9-20(22)16(2)3/h7-13,16,23H,5-6,14-15H2,1-4H3,(H,24,25). The van der Waals surface area contributed by atoms with Crippen molar-refractivity contribution in [2.75, 3.05) is 18.5 Å². The van der Waals surface area contributed by atoms with Gasteiger partial charge in [-0.3, -0.25) is 4.79 Å². The number of amides is 1. The van der Waals surface area contributed by atoms with Crippen LogP contribution in [0.5, 0.6) is 5.75 Å². The van der Waals surface area contributed by atoms with Gasteiger partial charge in [0, 0.05) is 12.2 Å². The molecule has 0 radical (unpaired) electrons. The van der Waals surface area contributed by atoms with Gasteiger partial charge in [0.2, 0.25) is 10.0 Å². The predicted octanol–water partition coefficient (Wildman–Crippen LogP) is 4.21. The first kappa shape index (κ1) is 22.9. The van der Waals surface area contributed by atoms with Gasteiger partial charge in [0.25, 0.3) is 5.91 Å². The number of benzene rings is 2. The van der Waals surface area contributed by atoms with Crippen molar-refractivity contribution >= 4 is 21.6 Å². The van der Waals surface area contributed by atoms with Gasteiger partial charge in [0.05, 0.1) is 4.90 Å². The molecule has 0 heterocycles. The van der Waals surface area contributed by atoms with Crippen molar-refractivity contribution in [3.63, 3.8) is 0 Å². The second-order valence-corrected chi connectivity index (χ2v) is 9.02. The third-order valence-electron chi connectivity index (χ3n) is 4.52. The Morgan fingerprint density at radius 2 is 1.79 bits per heavy atom. The highest BCUT2D eigenvalue weighted by molar-refractivity contribution is 7.89. The van der Waals surface area contributed by atoms with Crippen LogP contribution < -0.4 is 14.8 Å². The molecule has 0 saturated heterocycles. The number of rotatable bonds is 10. The summed E-state index contributed by atoms with van der Waals surface area (Å²) in [6.45, 7) is 8.36. The van der Waals surface area contributed by atoms with Crippen molar-refractivity contribution in [2.45, 2.75) is 51.3 Å². The molecule has 0 spiro atoms. The van der Waals surface area contributed by atoms with E-state index in [9.17, 15) is 13.2 Å². The van der Waals surface area contributed by atoms with Gasteiger partial charge in [-0.1, -0.05) is 45.4 Å². The molecule has 158 valence electrons. The lowest BCUT2D eigenvalue weighted by Crippen LogP contribution is -2.24. The molecule has 2 N–H and O–H groups in total. The van der Waals surface area contributed by atoms with Crippen LogP contribution in [0, 0.1) is 6.92 Å². The molecule has 0 aliphatic rings. The van der Waals surface area contributed by atoms with Crippen LogP contribution in [0.3, 0.4) is 0 Å². The van der Waals surface area contributed by atoms with Crippen LogP contribution in [0.4, 0.5) is 5.69 Å². The second-order valence-electron chi connectivity index (χ2n) is 7.25. The van der Waals surface area contributed by atoms with Crippen LogP contribution in [0.2, 0.25) is 0 Å². The molecule has 6 nitrogen and oxygen atoms in total. The van der Waals surface area contributed by atoms with Crippen LogP contribution in [0.15, 0.2) is 47.4 Å². The van der Waals surface area contributed by atoms with Gasteiger partial charge in [0.1, 0.15) is 5.75 Å². The Balaban J connectivity index is 1.96. The summed E-state index contributed by atoms with van der Waals surface area (Å²) in [4.78, 5) is 12.5. The fourth-order valence-corrected chi connectivity index (χ4v) is 3.92. The van der Waals surface area contributed by atoms with Crippen molar-refractivity contribution in [3.05, 3.63) is 53.6 Å². The third kappa shape index (κ3) is 6.58. The molecule has 0 fully saturated rings. The molecule has 0 aliphatic heterocycles. The number of aryl methyl sites for hydroxylation is 1. The van der Waals surface area contributed by atoms with Gasteiger partial charge < -0.3 is 10.1 Å². The van der Waals surface area contributed by atoms with E-state index < -0.39 is 10.0 Å². The monoisotopic (exact) mass is 418 g/mol. The minimum Gasteiger partial charge on any atom is -0.484 e. The Morgan fingerprint density at radius 3 is 2.41 bits per heavy atom. The number of anilines is 1. The molecule has 29 heavy (non-hydrogen) atoms. The van der Waals surface area contributed by atoms with Crippen LogP contribution in [-0.2, 0) is 14.8 Å². The Morgan fingerprint density at radius 1 is 1.10 bits per heavy atom. The van der Waals surface area contributed by atoms with E-state index in [0.717, 1.165) is 29.7 Å². The number of unbranched alkanes of at least 4 members (excludes halogenated alkanes) is 1. The van der Waals surface area contributed by atoms with E-state index in [-0.39, 0.29) is 23.3 Å². The van der Waals surface area contributed by atoms with Crippen molar-refractivity contribution < 1.29 is 17.9 Å². The van der Waals surface area contributed by atoms with E-state index in [4.69, 9.17) is 4.74 Å². The lowest BCUT2D eigenvalue weighted by atomic mass is 9.98. The maximum absolute atomic E-state index is 12.3. The maximum Gasteiger partial charge on any atom is 0.262 e. The van der Waals surface area contributed by atoms with E-state index in [1.165, 1.54) is 12.1 Å². The SMILES string of the molecule is CCCCNS(=O)(=O)c1ccc(OCC(=O)Nc2c(C)cccc2C(C)C)cc1. The van der Waals surface area contributed by atoms with Crippen LogP contribution in [-0.4, -0.2) is 27.5 Å². The molecular formula is C22H30N2O4S. The van der Waals surface area contributed by atoms with Gasteiger partial charge in [-0.25, -0.2) is 13.1 Å². The van der Waals surface area contributed by atoms with Crippen molar-refractivity contribution in [1.82, 2.24) is 4.72 Å². The van der Waals surface area contributed by atoms with Crippen molar-refractivity contribution in [2.24, 2.45) is 0 Å². The summed E-state index contributed by atoms with van der Waals surface area (Å²) < 4.78 is 32.5. The molecule has 0 aromatic heterocycles. The predicted molar refractivity (Wildman–Crippen MR) is 116 cm³/mol. The number of ether oxygens (including phenoxy) is 1. The lowest BCUT2D eigenvalue weighted by Gasteiger charge is -2.16. The molecule has 7 heteroatoms. The number of hydrogen-bond acceptors (Lipinski definition) is 4. The quantitative estimate of drug-likeness (QED) is 0.566. The zero-order chi connectivity index (χ0) is 21.4. The first-order chi connectivity index (χ1) is 13.7. The first-order valence-electron chi connectivity index (χ1n) is 9.86. The normalized spacial score (nSPS) is 11.5. The highest BCUT2D eigenvalue weighted by Gasteiger charge is 2.14. The molecule has 0 bridgehead atoms. The Bertz CT molecular complexity index is 922. The van der Waals surface area contributed by atoms with E-state index in [1.54, 1.807) is 12.1 Å². The number of sulfonamides is 1. The van der Waals surface area contributed by atoms with E-state index in [0.29, 0.717) is 12.3 Å². The Labute approximate surface area is 173 Å². The number of carbonyl (C=O) groups is 1. The highest BCUT2D eigenvalue weighted by Crippen LogP contribution is 2.27. The highest BCUT2D eigenvalue weighted by atomic mass is 32.2. The summed E-state index contributed by atoms with van der Waals surface area (Å²) >= 11 is 0. The van der Waals surface area contributed by atoms with Crippen LogP contribution in [0.1, 0.15) is 50.7 Å². The van der Waals surface area contributed by atoms with Gasteiger partial charge in [-0.15, -0.1) is 0 Å². The van der Waals surface area contributed by atoms with Crippen LogP contribution >= 0.6 is 0 Å². The zero-order valence-corrected chi connectivity index (χ0v) is 18.3. The van der Waals surface area contributed by atoms with Crippen molar-refractivity contribution in [1.29, 1.82) is 0 Å². The zero-order valence-electron chi connectivity index (χ0n) is 17.5.